The number of carboxylic acids is 1. The molecule has 0 saturated heterocycles. The molecule has 0 radical (unpaired) electrons. The summed E-state index contributed by atoms with van der Waals surface area (Å²) in [6, 6.07) is 15.6. The van der Waals surface area contributed by atoms with Gasteiger partial charge in [0.25, 0.3) is 0 Å². The third-order valence-corrected chi connectivity index (χ3v) is 5.03. The summed E-state index contributed by atoms with van der Waals surface area (Å²) in [4.78, 5) is 49.0. The molecule has 0 spiro atoms. The Kier molecular flexibility index (Phi) is 10.6. The van der Waals surface area contributed by atoms with E-state index in [1.807, 2.05) is 24.3 Å². The number of nitrogens with one attached hydrogen (secondary N) is 2. The number of hydrogen-bond acceptors (Lipinski definition) is 6. The van der Waals surface area contributed by atoms with Gasteiger partial charge in [-0.05, 0) is 24.0 Å². The van der Waals surface area contributed by atoms with Crippen LogP contribution in [-0.2, 0) is 36.9 Å². The summed E-state index contributed by atoms with van der Waals surface area (Å²) in [6.45, 7) is 3.37. The fourth-order valence-corrected chi connectivity index (χ4v) is 3.27. The smallest absolute Gasteiger partial charge is 0.408 e. The summed E-state index contributed by atoms with van der Waals surface area (Å²) in [5, 5.41) is 14.6. The van der Waals surface area contributed by atoms with Gasteiger partial charge in [0.2, 0.25) is 5.91 Å². The van der Waals surface area contributed by atoms with E-state index in [-0.39, 0.29) is 26.1 Å². The molecule has 9 heteroatoms. The molecule has 34 heavy (non-hydrogen) atoms. The summed E-state index contributed by atoms with van der Waals surface area (Å²) in [6.07, 6.45) is -0.876. The number of carbonyl (C=O) groups is 4. The highest BCUT2D eigenvalue weighted by atomic mass is 16.5. The van der Waals surface area contributed by atoms with Crippen LogP contribution in [0.25, 0.3) is 0 Å². The molecule has 0 saturated carbocycles. The first-order valence-electron chi connectivity index (χ1n) is 11.0. The SMILES string of the molecule is CCOC(=O)C[C@H](C)[C@@H](NC(=O)[C@H](Cc1ccccc1)NC(=O)OCc1ccccc1)C(=O)O. The Labute approximate surface area is 198 Å². The second-order valence-corrected chi connectivity index (χ2v) is 7.76. The van der Waals surface area contributed by atoms with E-state index in [1.165, 1.54) is 6.92 Å². The minimum Gasteiger partial charge on any atom is -0.480 e. The fraction of sp³-hybridized carbons (Fsp3) is 0.360. The number of rotatable bonds is 12. The van der Waals surface area contributed by atoms with E-state index in [2.05, 4.69) is 10.6 Å². The van der Waals surface area contributed by atoms with Crippen molar-refractivity contribution in [3.63, 3.8) is 0 Å². The number of carboxylic acid groups (broad SMARTS) is 1. The van der Waals surface area contributed by atoms with E-state index in [0.29, 0.717) is 0 Å². The highest BCUT2D eigenvalue weighted by molar-refractivity contribution is 5.89. The van der Waals surface area contributed by atoms with Crippen LogP contribution >= 0.6 is 0 Å². The van der Waals surface area contributed by atoms with E-state index in [4.69, 9.17) is 9.47 Å². The Morgan fingerprint density at radius 3 is 2.03 bits per heavy atom. The molecule has 2 rings (SSSR count). The van der Waals surface area contributed by atoms with Crippen molar-refractivity contribution in [2.24, 2.45) is 5.92 Å². The Balaban J connectivity index is 2.09. The third-order valence-electron chi connectivity index (χ3n) is 5.03. The molecule has 9 nitrogen and oxygen atoms in total. The predicted molar refractivity (Wildman–Crippen MR) is 124 cm³/mol. The highest BCUT2D eigenvalue weighted by Crippen LogP contribution is 2.12. The van der Waals surface area contributed by atoms with Crippen molar-refractivity contribution in [3.8, 4) is 0 Å². The van der Waals surface area contributed by atoms with Crippen LogP contribution in [0.4, 0.5) is 4.79 Å². The van der Waals surface area contributed by atoms with Gasteiger partial charge in [-0.1, -0.05) is 67.6 Å². The zero-order chi connectivity index (χ0) is 24.9. The van der Waals surface area contributed by atoms with Crippen molar-refractivity contribution in [1.29, 1.82) is 0 Å². The van der Waals surface area contributed by atoms with Crippen LogP contribution < -0.4 is 10.6 Å². The molecule has 0 heterocycles. The first-order chi connectivity index (χ1) is 16.3. The molecule has 0 bridgehead atoms. The third kappa shape index (κ3) is 8.93. The van der Waals surface area contributed by atoms with E-state index in [1.54, 1.807) is 43.3 Å². The van der Waals surface area contributed by atoms with Gasteiger partial charge >= 0.3 is 18.0 Å². The molecular weight excluding hydrogens is 440 g/mol. The molecule has 0 fully saturated rings. The van der Waals surface area contributed by atoms with Gasteiger partial charge in [0, 0.05) is 6.42 Å². The van der Waals surface area contributed by atoms with E-state index in [9.17, 15) is 24.3 Å². The molecule has 2 aromatic carbocycles. The van der Waals surface area contributed by atoms with E-state index in [0.717, 1.165) is 11.1 Å². The topological polar surface area (TPSA) is 131 Å². The van der Waals surface area contributed by atoms with Crippen molar-refractivity contribution in [2.45, 2.75) is 45.4 Å². The number of aliphatic carboxylic acids is 1. The lowest BCUT2D eigenvalue weighted by molar-refractivity contribution is -0.147. The average Bonchev–Trinajstić information content (AvgIpc) is 2.81. The molecule has 3 N–H and O–H groups in total. The second kappa shape index (κ2) is 13.6. The van der Waals surface area contributed by atoms with E-state index < -0.39 is 41.9 Å². The van der Waals surface area contributed by atoms with Crippen LogP contribution in [0.3, 0.4) is 0 Å². The van der Waals surface area contributed by atoms with Crippen LogP contribution in [0.1, 0.15) is 31.4 Å². The number of alkyl carbamates (subject to hydrolysis) is 1. The number of ether oxygens (including phenoxy) is 2. The molecule has 3 atom stereocenters. The van der Waals surface area contributed by atoms with Gasteiger partial charge in [-0.2, -0.15) is 0 Å². The van der Waals surface area contributed by atoms with E-state index >= 15 is 0 Å². The number of carbonyl (C=O) groups excluding carboxylic acids is 3. The van der Waals surface area contributed by atoms with Crippen LogP contribution in [0, 0.1) is 5.92 Å². The minimum absolute atomic E-state index is 0.0146. The normalized spacial score (nSPS) is 13.1. The maximum absolute atomic E-state index is 13.0. The molecule has 182 valence electrons. The van der Waals surface area contributed by atoms with Crippen molar-refractivity contribution < 1.29 is 33.8 Å². The zero-order valence-electron chi connectivity index (χ0n) is 19.2. The van der Waals surface area contributed by atoms with Crippen molar-refractivity contribution in [3.05, 3.63) is 71.8 Å². The summed E-state index contributed by atoms with van der Waals surface area (Å²) in [7, 11) is 0. The van der Waals surface area contributed by atoms with Gasteiger partial charge in [-0.15, -0.1) is 0 Å². The van der Waals surface area contributed by atoms with Crippen molar-refractivity contribution >= 4 is 23.9 Å². The van der Waals surface area contributed by atoms with Crippen molar-refractivity contribution in [2.75, 3.05) is 6.61 Å². The number of hydrogen-bond donors (Lipinski definition) is 3. The maximum atomic E-state index is 13.0. The average molecular weight is 471 g/mol. The first kappa shape index (κ1) is 26.4. The lowest BCUT2D eigenvalue weighted by Crippen LogP contribution is -2.54. The van der Waals surface area contributed by atoms with Gasteiger partial charge < -0.3 is 25.2 Å². The molecule has 0 aliphatic heterocycles. The van der Waals surface area contributed by atoms with Crippen LogP contribution in [0.5, 0.6) is 0 Å². The molecule has 0 aliphatic rings. The second-order valence-electron chi connectivity index (χ2n) is 7.76. The lowest BCUT2D eigenvalue weighted by Gasteiger charge is -2.24. The molecular formula is C25H30N2O7. The minimum atomic E-state index is -1.35. The Bertz CT molecular complexity index is 950. The van der Waals surface area contributed by atoms with Gasteiger partial charge in [-0.3, -0.25) is 9.59 Å². The predicted octanol–water partition coefficient (Wildman–Crippen LogP) is 2.68. The summed E-state index contributed by atoms with van der Waals surface area (Å²) < 4.78 is 10.1. The molecule has 2 aromatic rings. The Morgan fingerprint density at radius 1 is 0.882 bits per heavy atom. The number of esters is 1. The summed E-state index contributed by atoms with van der Waals surface area (Å²) >= 11 is 0. The van der Waals surface area contributed by atoms with Gasteiger partial charge in [0.1, 0.15) is 18.7 Å². The standard InChI is InChI=1S/C25H30N2O7/c1-3-33-21(28)14-17(2)22(24(30)31)27-23(29)20(15-18-10-6-4-7-11-18)26-25(32)34-16-19-12-8-5-9-13-19/h4-13,17,20,22H,3,14-16H2,1-2H3,(H,26,32)(H,27,29)(H,30,31)/t17-,20-,22+/m0/s1. The first-order valence-corrected chi connectivity index (χ1v) is 11.0. The maximum Gasteiger partial charge on any atom is 0.408 e. The zero-order valence-corrected chi connectivity index (χ0v) is 19.2. The lowest BCUT2D eigenvalue weighted by atomic mass is 9.97. The largest absolute Gasteiger partial charge is 0.480 e. The Hall–Kier alpha value is -3.88. The number of amides is 2. The molecule has 0 aliphatic carbocycles. The van der Waals surface area contributed by atoms with Crippen LogP contribution in [0.2, 0.25) is 0 Å². The van der Waals surface area contributed by atoms with Gasteiger partial charge in [0.05, 0.1) is 13.0 Å². The number of benzene rings is 2. The quantitative estimate of drug-likeness (QED) is 0.407. The molecule has 0 unspecified atom stereocenters. The monoisotopic (exact) mass is 470 g/mol. The van der Waals surface area contributed by atoms with Gasteiger partial charge in [0.15, 0.2) is 0 Å². The van der Waals surface area contributed by atoms with Crippen molar-refractivity contribution in [1.82, 2.24) is 10.6 Å². The molecule has 0 aromatic heterocycles. The van der Waals surface area contributed by atoms with Crippen LogP contribution in [-0.4, -0.2) is 47.7 Å². The highest BCUT2D eigenvalue weighted by Gasteiger charge is 2.32. The fourth-order valence-electron chi connectivity index (χ4n) is 3.27. The molecule has 2 amide bonds. The van der Waals surface area contributed by atoms with Crippen LogP contribution in [0.15, 0.2) is 60.7 Å². The Morgan fingerprint density at radius 2 is 1.47 bits per heavy atom. The van der Waals surface area contributed by atoms with Gasteiger partial charge in [-0.25, -0.2) is 9.59 Å². The summed E-state index contributed by atoms with van der Waals surface area (Å²) in [5.74, 6) is -3.29. The summed E-state index contributed by atoms with van der Waals surface area (Å²) in [5.41, 5.74) is 1.54.